The third-order valence-corrected chi connectivity index (χ3v) is 4.00. The molecular weight excluding hydrogens is 334 g/mol. The summed E-state index contributed by atoms with van der Waals surface area (Å²) in [4.78, 5) is 2.34. The van der Waals surface area contributed by atoms with E-state index in [-0.39, 0.29) is 0 Å². The quantitative estimate of drug-likeness (QED) is 0.806. The molecule has 16 heavy (non-hydrogen) atoms. The summed E-state index contributed by atoms with van der Waals surface area (Å²) in [5.41, 5.74) is 13.9. The van der Waals surface area contributed by atoms with Crippen LogP contribution in [0.1, 0.15) is 12.0 Å². The van der Waals surface area contributed by atoms with Crippen molar-refractivity contribution in [1.82, 2.24) is 4.90 Å². The maximum Gasteiger partial charge on any atom is 0.0504 e. The smallest absolute Gasteiger partial charge is 0.0504 e. The molecule has 0 aliphatic carbocycles. The summed E-state index contributed by atoms with van der Waals surface area (Å²) in [5.74, 6) is 0. The van der Waals surface area contributed by atoms with Crippen LogP contribution in [0.25, 0.3) is 0 Å². The average Bonchev–Trinajstić information content (AvgIpc) is 2.60. The monoisotopic (exact) mass is 347 g/mol. The van der Waals surface area contributed by atoms with Crippen molar-refractivity contribution in [1.29, 1.82) is 0 Å². The summed E-state index contributed by atoms with van der Waals surface area (Å²) < 4.78 is 1.99. The summed E-state index contributed by atoms with van der Waals surface area (Å²) >= 11 is 6.94. The number of hydrogen-bond acceptors (Lipinski definition) is 3. The van der Waals surface area contributed by atoms with Gasteiger partial charge in [-0.3, -0.25) is 4.90 Å². The lowest BCUT2D eigenvalue weighted by Gasteiger charge is -2.17. The SMILES string of the molecule is Nc1c(Br)cc(Br)cc1CN1CC[C@@H](N)C1. The summed E-state index contributed by atoms with van der Waals surface area (Å²) in [5, 5.41) is 0. The van der Waals surface area contributed by atoms with Gasteiger partial charge in [-0.2, -0.15) is 0 Å². The van der Waals surface area contributed by atoms with Crippen molar-refractivity contribution in [2.45, 2.75) is 19.0 Å². The Morgan fingerprint density at radius 1 is 1.38 bits per heavy atom. The molecule has 1 aliphatic rings. The van der Waals surface area contributed by atoms with Crippen LogP contribution in [0.2, 0.25) is 0 Å². The summed E-state index contributed by atoms with van der Waals surface area (Å²) in [6.45, 7) is 2.89. The standard InChI is InChI=1S/C11H15Br2N3/c12-8-3-7(11(15)10(13)4-8)5-16-2-1-9(14)6-16/h3-4,9H,1-2,5-6,14-15H2/t9-/m1/s1. The number of hydrogen-bond donors (Lipinski definition) is 2. The van der Waals surface area contributed by atoms with E-state index in [2.05, 4.69) is 42.8 Å². The van der Waals surface area contributed by atoms with E-state index in [1.54, 1.807) is 0 Å². The second kappa shape index (κ2) is 5.04. The normalized spacial score (nSPS) is 21.6. The van der Waals surface area contributed by atoms with E-state index < -0.39 is 0 Å². The lowest BCUT2D eigenvalue weighted by atomic mass is 10.2. The highest BCUT2D eigenvalue weighted by Gasteiger charge is 2.20. The molecule has 0 radical (unpaired) electrons. The van der Waals surface area contributed by atoms with Crippen molar-refractivity contribution in [3.05, 3.63) is 26.6 Å². The van der Waals surface area contributed by atoms with E-state index in [0.29, 0.717) is 6.04 Å². The minimum absolute atomic E-state index is 0.316. The Labute approximate surface area is 112 Å². The number of anilines is 1. The third-order valence-electron chi connectivity index (χ3n) is 2.88. The molecule has 0 amide bonds. The van der Waals surface area contributed by atoms with Crippen LogP contribution < -0.4 is 11.5 Å². The molecule has 0 spiro atoms. The maximum absolute atomic E-state index is 6.04. The van der Waals surface area contributed by atoms with Crippen LogP contribution in [-0.4, -0.2) is 24.0 Å². The molecule has 0 unspecified atom stereocenters. The molecule has 3 nitrogen and oxygen atoms in total. The van der Waals surface area contributed by atoms with Crippen molar-refractivity contribution in [3.63, 3.8) is 0 Å². The van der Waals surface area contributed by atoms with E-state index in [4.69, 9.17) is 11.5 Å². The fourth-order valence-corrected chi connectivity index (χ4v) is 3.33. The number of nitrogens with two attached hydrogens (primary N) is 2. The van der Waals surface area contributed by atoms with Crippen LogP contribution in [0.15, 0.2) is 21.1 Å². The van der Waals surface area contributed by atoms with Gasteiger partial charge < -0.3 is 11.5 Å². The zero-order chi connectivity index (χ0) is 11.7. The highest BCUT2D eigenvalue weighted by atomic mass is 79.9. The van der Waals surface area contributed by atoms with Crippen molar-refractivity contribution < 1.29 is 0 Å². The van der Waals surface area contributed by atoms with Crippen LogP contribution >= 0.6 is 31.9 Å². The van der Waals surface area contributed by atoms with Gasteiger partial charge in [-0.05, 0) is 40.0 Å². The molecule has 1 saturated heterocycles. The van der Waals surface area contributed by atoms with Crippen molar-refractivity contribution in [2.24, 2.45) is 5.73 Å². The number of nitrogens with zero attached hydrogens (tertiary/aromatic N) is 1. The molecule has 0 bridgehead atoms. The molecular formula is C11H15Br2N3. The molecule has 1 aliphatic heterocycles. The molecule has 1 aromatic rings. The third kappa shape index (κ3) is 2.77. The minimum atomic E-state index is 0.316. The molecule has 4 N–H and O–H groups in total. The van der Waals surface area contributed by atoms with E-state index in [1.807, 2.05) is 6.07 Å². The van der Waals surface area contributed by atoms with Gasteiger partial charge in [0, 0.05) is 34.6 Å². The first kappa shape index (κ1) is 12.4. The first-order valence-corrected chi connectivity index (χ1v) is 6.86. The molecule has 1 heterocycles. The fraction of sp³-hybridized carbons (Fsp3) is 0.455. The second-order valence-corrected chi connectivity index (χ2v) is 6.01. The second-order valence-electron chi connectivity index (χ2n) is 4.24. The highest BCUT2D eigenvalue weighted by Crippen LogP contribution is 2.29. The van der Waals surface area contributed by atoms with Crippen LogP contribution in [0.5, 0.6) is 0 Å². The summed E-state index contributed by atoms with van der Waals surface area (Å²) in [6.07, 6.45) is 1.08. The molecule has 1 atom stereocenters. The Balaban J connectivity index is 2.15. The summed E-state index contributed by atoms with van der Waals surface area (Å²) in [6, 6.07) is 4.36. The van der Waals surface area contributed by atoms with Crippen LogP contribution in [0, 0.1) is 0 Å². The Morgan fingerprint density at radius 3 is 2.75 bits per heavy atom. The first-order chi connectivity index (χ1) is 7.56. The fourth-order valence-electron chi connectivity index (χ4n) is 2.02. The Bertz CT molecular complexity index is 395. The molecule has 5 heteroatoms. The largest absolute Gasteiger partial charge is 0.398 e. The van der Waals surface area contributed by atoms with E-state index >= 15 is 0 Å². The van der Waals surface area contributed by atoms with Crippen LogP contribution in [0.4, 0.5) is 5.69 Å². The number of halogens is 2. The van der Waals surface area contributed by atoms with E-state index in [0.717, 1.165) is 46.3 Å². The number of nitrogen functional groups attached to an aromatic ring is 1. The molecule has 1 fully saturated rings. The van der Waals surface area contributed by atoms with Gasteiger partial charge in [0.1, 0.15) is 0 Å². The van der Waals surface area contributed by atoms with Gasteiger partial charge in [-0.15, -0.1) is 0 Å². The Morgan fingerprint density at radius 2 is 2.12 bits per heavy atom. The first-order valence-electron chi connectivity index (χ1n) is 5.27. The van der Waals surface area contributed by atoms with Crippen molar-refractivity contribution >= 4 is 37.5 Å². The Hall–Kier alpha value is -0.100. The van der Waals surface area contributed by atoms with Gasteiger partial charge in [0.2, 0.25) is 0 Å². The van der Waals surface area contributed by atoms with E-state index in [1.165, 1.54) is 0 Å². The van der Waals surface area contributed by atoms with E-state index in [9.17, 15) is 0 Å². The Kier molecular flexibility index (Phi) is 3.89. The zero-order valence-corrected chi connectivity index (χ0v) is 12.1. The lowest BCUT2D eigenvalue weighted by molar-refractivity contribution is 0.327. The van der Waals surface area contributed by atoms with Gasteiger partial charge in [0.05, 0.1) is 5.69 Å². The van der Waals surface area contributed by atoms with Gasteiger partial charge >= 0.3 is 0 Å². The highest BCUT2D eigenvalue weighted by molar-refractivity contribution is 9.11. The van der Waals surface area contributed by atoms with Crippen molar-refractivity contribution in [2.75, 3.05) is 18.8 Å². The molecule has 1 aromatic carbocycles. The van der Waals surface area contributed by atoms with Gasteiger partial charge in [-0.1, -0.05) is 15.9 Å². The topological polar surface area (TPSA) is 55.3 Å². The summed E-state index contributed by atoms with van der Waals surface area (Å²) in [7, 11) is 0. The predicted molar refractivity (Wildman–Crippen MR) is 74.1 cm³/mol. The van der Waals surface area contributed by atoms with Gasteiger partial charge in [-0.25, -0.2) is 0 Å². The van der Waals surface area contributed by atoms with Gasteiger partial charge in [0.15, 0.2) is 0 Å². The minimum Gasteiger partial charge on any atom is -0.398 e. The number of likely N-dealkylation sites (tertiary alicyclic amines) is 1. The molecule has 2 rings (SSSR count). The zero-order valence-electron chi connectivity index (χ0n) is 8.92. The van der Waals surface area contributed by atoms with Crippen LogP contribution in [0.3, 0.4) is 0 Å². The molecule has 0 aromatic heterocycles. The van der Waals surface area contributed by atoms with Gasteiger partial charge in [0.25, 0.3) is 0 Å². The molecule has 88 valence electrons. The molecule has 0 saturated carbocycles. The average molecular weight is 349 g/mol. The predicted octanol–water partition coefficient (Wildman–Crippen LogP) is 2.33. The van der Waals surface area contributed by atoms with Crippen LogP contribution in [-0.2, 0) is 6.54 Å². The van der Waals surface area contributed by atoms with Crippen molar-refractivity contribution in [3.8, 4) is 0 Å². The lowest BCUT2D eigenvalue weighted by Crippen LogP contribution is -2.26. The maximum atomic E-state index is 6.04. The number of benzene rings is 1. The number of rotatable bonds is 2.